The molecule has 2 bridgehead atoms. The van der Waals surface area contributed by atoms with Gasteiger partial charge in [-0.1, -0.05) is 61.3 Å². The number of amides is 1. The Morgan fingerprint density at radius 1 is 1.00 bits per heavy atom. The number of nitrogens with zero attached hydrogens (tertiary/aromatic N) is 1. The van der Waals surface area contributed by atoms with Crippen LogP contribution in [0.4, 0.5) is 5.69 Å². The van der Waals surface area contributed by atoms with E-state index in [4.69, 9.17) is 28.0 Å². The third-order valence-electron chi connectivity index (χ3n) is 7.61. The third kappa shape index (κ3) is 3.35. The maximum absolute atomic E-state index is 13.5. The number of para-hydroxylation sites is 1. The molecule has 2 aliphatic carbocycles. The summed E-state index contributed by atoms with van der Waals surface area (Å²) in [6.45, 7) is 6.28. The number of hydrogen-bond acceptors (Lipinski definition) is 4. The molecule has 0 heterocycles. The molecule has 5 nitrogen and oxygen atoms in total. The Kier molecular flexibility index (Phi) is 5.39. The summed E-state index contributed by atoms with van der Waals surface area (Å²) in [6, 6.07) is 13.6. The maximum atomic E-state index is 13.5. The summed E-state index contributed by atoms with van der Waals surface area (Å²) in [5.41, 5.74) is 0.300. The molecule has 2 aliphatic rings. The maximum Gasteiger partial charge on any atom is 0.365 e. The third-order valence-corrected chi connectivity index (χ3v) is 8.19. The lowest BCUT2D eigenvalue weighted by atomic mass is 9.64. The van der Waals surface area contributed by atoms with Crippen LogP contribution in [0.15, 0.2) is 53.7 Å². The smallest absolute Gasteiger partial charge is 0.324 e. The number of anilines is 1. The van der Waals surface area contributed by atoms with Crippen LogP contribution >= 0.6 is 23.2 Å². The van der Waals surface area contributed by atoms with Crippen molar-refractivity contribution in [2.24, 2.45) is 21.4 Å². The number of hydrogen-bond donors (Lipinski definition) is 1. The van der Waals surface area contributed by atoms with Gasteiger partial charge in [-0.05, 0) is 54.7 Å². The van der Waals surface area contributed by atoms with E-state index < -0.39 is 11.4 Å². The predicted molar refractivity (Wildman–Crippen MR) is 123 cm³/mol. The molecule has 7 heteroatoms. The molecule has 0 spiro atoms. The number of fused-ring (bicyclic) bond motifs is 2. The van der Waals surface area contributed by atoms with Gasteiger partial charge < -0.3 is 10.2 Å². The van der Waals surface area contributed by atoms with Crippen molar-refractivity contribution < 1.29 is 14.4 Å². The first-order valence-corrected chi connectivity index (χ1v) is 11.0. The van der Waals surface area contributed by atoms with Crippen molar-refractivity contribution in [3.8, 4) is 0 Å². The Labute approximate surface area is 191 Å². The molecular formula is C24H24Cl2N2O3. The van der Waals surface area contributed by atoms with Gasteiger partial charge in [-0.15, -0.1) is 0 Å². The first kappa shape index (κ1) is 21.8. The molecule has 0 radical (unpaired) electrons. The number of carbonyl (C=O) groups is 2. The van der Waals surface area contributed by atoms with E-state index in [9.17, 15) is 9.59 Å². The number of benzene rings is 2. The van der Waals surface area contributed by atoms with Crippen LogP contribution < -0.4 is 5.32 Å². The van der Waals surface area contributed by atoms with Gasteiger partial charge in [0.05, 0.1) is 27.4 Å². The van der Waals surface area contributed by atoms with Gasteiger partial charge in [-0.3, -0.25) is 4.79 Å². The first-order chi connectivity index (χ1) is 14.6. The highest BCUT2D eigenvalue weighted by Crippen LogP contribution is 2.71. The number of oxime groups is 1. The second kappa shape index (κ2) is 7.64. The van der Waals surface area contributed by atoms with E-state index in [0.717, 1.165) is 18.6 Å². The summed E-state index contributed by atoms with van der Waals surface area (Å²) in [4.78, 5) is 31.2. The van der Waals surface area contributed by atoms with E-state index in [-0.39, 0.29) is 16.7 Å². The van der Waals surface area contributed by atoms with Crippen molar-refractivity contribution in [3.05, 3.63) is 64.1 Å². The van der Waals surface area contributed by atoms with E-state index in [1.807, 2.05) is 12.1 Å². The number of carbonyl (C=O) groups excluding carboxylic acids is 2. The summed E-state index contributed by atoms with van der Waals surface area (Å²) in [7, 11) is 0. The molecule has 4 rings (SSSR count). The largest absolute Gasteiger partial charge is 0.365 e. The van der Waals surface area contributed by atoms with Gasteiger partial charge in [0.15, 0.2) is 0 Å². The molecule has 162 valence electrons. The fraction of sp³-hybridized carbons (Fsp3) is 0.375. The number of halogens is 2. The van der Waals surface area contributed by atoms with Crippen LogP contribution in [0.2, 0.25) is 10.0 Å². The Morgan fingerprint density at radius 2 is 1.68 bits per heavy atom. The molecule has 2 saturated carbocycles. The highest BCUT2D eigenvalue weighted by atomic mass is 35.5. The molecule has 2 aromatic rings. The molecule has 1 amide bonds. The molecule has 31 heavy (non-hydrogen) atoms. The van der Waals surface area contributed by atoms with Crippen LogP contribution in [-0.2, 0) is 9.63 Å². The van der Waals surface area contributed by atoms with Crippen LogP contribution in [0.5, 0.6) is 0 Å². The minimum absolute atomic E-state index is 0.0800. The molecule has 2 fully saturated rings. The second-order valence-corrected chi connectivity index (χ2v) is 9.92. The lowest BCUT2D eigenvalue weighted by Gasteiger charge is -2.39. The molecule has 2 aromatic carbocycles. The summed E-state index contributed by atoms with van der Waals surface area (Å²) in [6.07, 6.45) is 1.95. The molecule has 2 unspecified atom stereocenters. The van der Waals surface area contributed by atoms with Crippen molar-refractivity contribution >= 4 is 46.5 Å². The van der Waals surface area contributed by atoms with Crippen molar-refractivity contribution in [1.82, 2.24) is 0 Å². The fourth-order valence-electron chi connectivity index (χ4n) is 5.06. The molecule has 0 aliphatic heterocycles. The van der Waals surface area contributed by atoms with Crippen LogP contribution in [0.25, 0.3) is 0 Å². The normalized spacial score (nSPS) is 27.3. The van der Waals surface area contributed by atoms with Gasteiger partial charge in [0, 0.05) is 16.9 Å². The Hall–Kier alpha value is -2.37. The molecule has 1 N–H and O–H groups in total. The number of rotatable bonds is 4. The fourth-order valence-corrected chi connectivity index (χ4v) is 5.37. The average molecular weight is 459 g/mol. The van der Waals surface area contributed by atoms with Gasteiger partial charge in [-0.2, -0.15) is 0 Å². The zero-order valence-electron chi connectivity index (χ0n) is 17.7. The second-order valence-electron chi connectivity index (χ2n) is 9.07. The topological polar surface area (TPSA) is 67.8 Å². The van der Waals surface area contributed by atoms with Gasteiger partial charge >= 0.3 is 5.97 Å². The molecule has 2 atom stereocenters. The Bertz CT molecular complexity index is 1080. The zero-order valence-corrected chi connectivity index (χ0v) is 19.2. The summed E-state index contributed by atoms with van der Waals surface area (Å²) >= 11 is 12.1. The number of nitrogens with one attached hydrogen (secondary N) is 1. The lowest BCUT2D eigenvalue weighted by Crippen LogP contribution is -2.43. The summed E-state index contributed by atoms with van der Waals surface area (Å²) < 4.78 is 0. The minimum Gasteiger partial charge on any atom is -0.324 e. The first-order valence-electron chi connectivity index (χ1n) is 10.2. The highest BCUT2D eigenvalue weighted by Gasteiger charge is 2.71. The van der Waals surface area contributed by atoms with Gasteiger partial charge in [0.2, 0.25) is 5.91 Å². The highest BCUT2D eigenvalue weighted by molar-refractivity contribution is 6.33. The zero-order chi connectivity index (χ0) is 22.4. The summed E-state index contributed by atoms with van der Waals surface area (Å²) in [5, 5.41) is 8.30. The molecular weight excluding hydrogens is 435 g/mol. The van der Waals surface area contributed by atoms with Crippen molar-refractivity contribution in [2.75, 3.05) is 5.32 Å². The summed E-state index contributed by atoms with van der Waals surface area (Å²) in [5.74, 6) is -0.633. The van der Waals surface area contributed by atoms with E-state index in [1.54, 1.807) is 36.4 Å². The SMILES string of the molecule is CC12CCC(C(=O)Nc3ccccc3Cl)(C/C1=N\OC(=O)c1ccc(Cl)cc1)C2(C)C. The van der Waals surface area contributed by atoms with Crippen LogP contribution in [-0.4, -0.2) is 17.6 Å². The molecule has 0 aromatic heterocycles. The van der Waals surface area contributed by atoms with E-state index >= 15 is 0 Å². The minimum atomic E-state index is -0.660. The van der Waals surface area contributed by atoms with Crippen molar-refractivity contribution in [2.45, 2.75) is 40.0 Å². The monoisotopic (exact) mass is 458 g/mol. The van der Waals surface area contributed by atoms with Gasteiger partial charge in [0.25, 0.3) is 0 Å². The lowest BCUT2D eigenvalue weighted by molar-refractivity contribution is -0.130. The predicted octanol–water partition coefficient (Wildman–Crippen LogP) is 6.36. The van der Waals surface area contributed by atoms with E-state index in [1.165, 1.54) is 0 Å². The van der Waals surface area contributed by atoms with Crippen molar-refractivity contribution in [3.63, 3.8) is 0 Å². The standard InChI is InChI=1S/C24H24Cl2N2O3/c1-22(2)23(3)12-13-24(22,21(30)27-18-7-5-4-6-17(18)26)14-19(23)28-31-20(29)15-8-10-16(25)11-9-15/h4-11H,12-14H2,1-3H3,(H,27,30)/b28-19+. The van der Waals surface area contributed by atoms with E-state index in [2.05, 4.69) is 31.2 Å². The van der Waals surface area contributed by atoms with E-state index in [0.29, 0.717) is 27.7 Å². The van der Waals surface area contributed by atoms with Crippen LogP contribution in [0.3, 0.4) is 0 Å². The Balaban J connectivity index is 1.59. The van der Waals surface area contributed by atoms with Gasteiger partial charge in [-0.25, -0.2) is 4.79 Å². The van der Waals surface area contributed by atoms with Crippen LogP contribution in [0, 0.1) is 16.2 Å². The quantitative estimate of drug-likeness (QED) is 0.427. The Morgan fingerprint density at radius 3 is 2.35 bits per heavy atom. The van der Waals surface area contributed by atoms with Crippen LogP contribution in [0.1, 0.15) is 50.4 Å². The van der Waals surface area contributed by atoms with Crippen molar-refractivity contribution in [1.29, 1.82) is 0 Å². The molecule has 0 saturated heterocycles. The van der Waals surface area contributed by atoms with Gasteiger partial charge in [0.1, 0.15) is 0 Å². The average Bonchev–Trinajstić information content (AvgIpc) is 3.05.